The van der Waals surface area contributed by atoms with Gasteiger partial charge < -0.3 is 15.2 Å². The number of hydrogen-bond donors (Lipinski definition) is 1. The van der Waals surface area contributed by atoms with E-state index in [-0.39, 0.29) is 6.10 Å². The minimum Gasteiger partial charge on any atom is -0.474 e. The Morgan fingerprint density at radius 3 is 2.52 bits per heavy atom. The lowest BCUT2D eigenvalue weighted by molar-refractivity contribution is 0.141. The minimum atomic E-state index is -3.13. The molecule has 0 saturated heterocycles. The maximum Gasteiger partial charge on any atom is 0.223 e. The first-order valence-corrected chi connectivity index (χ1v) is 10.9. The number of halogens is 1. The third-order valence-electron chi connectivity index (χ3n) is 4.47. The topological polar surface area (TPSA) is 104 Å². The largest absolute Gasteiger partial charge is 0.474 e. The van der Waals surface area contributed by atoms with Crippen LogP contribution >= 0.6 is 11.6 Å². The number of nitrogens with two attached hydrogens (primary N) is 1. The van der Waals surface area contributed by atoms with Crippen molar-refractivity contribution in [2.24, 2.45) is 5.73 Å². The summed E-state index contributed by atoms with van der Waals surface area (Å²) in [6, 6.07) is 1.71. The van der Waals surface area contributed by atoms with Crippen LogP contribution in [-0.2, 0) is 20.1 Å². The van der Waals surface area contributed by atoms with Crippen LogP contribution in [0.15, 0.2) is 18.5 Å². The van der Waals surface area contributed by atoms with Crippen LogP contribution in [0.5, 0.6) is 5.88 Å². The zero-order chi connectivity index (χ0) is 20.4. The Kier molecular flexibility index (Phi) is 6.68. The van der Waals surface area contributed by atoms with E-state index in [0.29, 0.717) is 29.4 Å². The molecule has 0 aliphatic rings. The Bertz CT molecular complexity index is 918. The molecule has 9 heteroatoms. The number of fused-ring (bicyclic) bond motifs is 1. The number of hydrogen-bond acceptors (Lipinski definition) is 7. The molecular weight excluding hydrogens is 390 g/mol. The van der Waals surface area contributed by atoms with Gasteiger partial charge in [-0.15, -0.1) is 0 Å². The van der Waals surface area contributed by atoms with Crippen LogP contribution in [0.25, 0.3) is 10.8 Å². The monoisotopic (exact) mass is 415 g/mol. The molecular formula is C18H26ClN3O4S. The first kappa shape index (κ1) is 21.8. The van der Waals surface area contributed by atoms with Gasteiger partial charge >= 0.3 is 0 Å². The number of rotatable bonds is 8. The number of aromatic nitrogens is 2. The molecule has 0 spiro atoms. The second-order valence-electron chi connectivity index (χ2n) is 7.18. The maximum atomic E-state index is 11.7. The molecule has 150 valence electrons. The zero-order valence-corrected chi connectivity index (χ0v) is 17.8. The van der Waals surface area contributed by atoms with Crippen LogP contribution in [0.1, 0.15) is 32.8 Å². The number of ether oxygens (including phenoxy) is 2. The van der Waals surface area contributed by atoms with Crippen LogP contribution in [0.4, 0.5) is 0 Å². The van der Waals surface area contributed by atoms with E-state index in [9.17, 15) is 8.42 Å². The van der Waals surface area contributed by atoms with Crippen molar-refractivity contribution in [1.82, 2.24) is 9.97 Å². The standard InChI is InChI=1S/C18H26ClN3O4S/c1-11(6-12(2)27(5,23)24)26-17-14-8-21-16(19)7-13(14)15(9-22-17)18(3,20)10-25-4/h7-9,11-12H,6,10,20H2,1-5H3/t11-,12-,18-/m1/s1. The summed E-state index contributed by atoms with van der Waals surface area (Å²) in [5.74, 6) is 0.360. The van der Waals surface area contributed by atoms with Crippen LogP contribution in [0.2, 0.25) is 5.15 Å². The van der Waals surface area contributed by atoms with Crippen molar-refractivity contribution in [1.29, 1.82) is 0 Å². The van der Waals surface area contributed by atoms with Gasteiger partial charge in [0.2, 0.25) is 5.88 Å². The third-order valence-corrected chi connectivity index (χ3v) is 6.33. The fourth-order valence-electron chi connectivity index (χ4n) is 2.89. The molecule has 0 bridgehead atoms. The summed E-state index contributed by atoms with van der Waals surface area (Å²) < 4.78 is 34.5. The normalized spacial score (nSPS) is 16.7. The lowest BCUT2D eigenvalue weighted by Crippen LogP contribution is -2.38. The smallest absolute Gasteiger partial charge is 0.223 e. The van der Waals surface area contributed by atoms with Crippen molar-refractivity contribution in [3.63, 3.8) is 0 Å². The molecule has 0 aliphatic heterocycles. The highest BCUT2D eigenvalue weighted by molar-refractivity contribution is 7.91. The fraction of sp³-hybridized carbons (Fsp3) is 0.556. The van der Waals surface area contributed by atoms with Gasteiger partial charge in [0.1, 0.15) is 15.0 Å². The Morgan fingerprint density at radius 1 is 1.26 bits per heavy atom. The molecule has 0 aromatic carbocycles. The highest BCUT2D eigenvalue weighted by Gasteiger charge is 2.26. The van der Waals surface area contributed by atoms with Crippen molar-refractivity contribution in [2.45, 2.75) is 44.1 Å². The van der Waals surface area contributed by atoms with Gasteiger partial charge in [-0.1, -0.05) is 11.6 Å². The van der Waals surface area contributed by atoms with E-state index >= 15 is 0 Å². The van der Waals surface area contributed by atoms with Crippen LogP contribution in [0.3, 0.4) is 0 Å². The maximum absolute atomic E-state index is 11.7. The highest BCUT2D eigenvalue weighted by Crippen LogP contribution is 2.33. The number of nitrogens with zero attached hydrogens (tertiary/aromatic N) is 2. The Labute approximate surface area is 165 Å². The molecule has 2 rings (SSSR count). The van der Waals surface area contributed by atoms with Gasteiger partial charge in [-0.25, -0.2) is 18.4 Å². The van der Waals surface area contributed by atoms with Crippen molar-refractivity contribution in [3.05, 3.63) is 29.2 Å². The van der Waals surface area contributed by atoms with Gasteiger partial charge in [0.15, 0.2) is 0 Å². The van der Waals surface area contributed by atoms with Crippen molar-refractivity contribution < 1.29 is 17.9 Å². The van der Waals surface area contributed by atoms with Crippen LogP contribution in [0, 0.1) is 0 Å². The van der Waals surface area contributed by atoms with Crippen molar-refractivity contribution >= 4 is 32.2 Å². The van der Waals surface area contributed by atoms with Gasteiger partial charge in [0.05, 0.1) is 28.9 Å². The quantitative estimate of drug-likeness (QED) is 0.660. The predicted octanol–water partition coefficient (Wildman–Crippen LogP) is 2.69. The lowest BCUT2D eigenvalue weighted by atomic mass is 9.92. The van der Waals surface area contributed by atoms with Gasteiger partial charge in [0, 0.05) is 37.7 Å². The van der Waals surface area contributed by atoms with Gasteiger partial charge in [-0.2, -0.15) is 0 Å². The Morgan fingerprint density at radius 2 is 1.93 bits per heavy atom. The second-order valence-corrected chi connectivity index (χ2v) is 10.0. The van der Waals surface area contributed by atoms with E-state index in [1.165, 1.54) is 6.26 Å². The van der Waals surface area contributed by atoms with Gasteiger partial charge in [0.25, 0.3) is 0 Å². The van der Waals surface area contributed by atoms with Crippen LogP contribution < -0.4 is 10.5 Å². The average molecular weight is 416 g/mol. The van der Waals surface area contributed by atoms with E-state index in [1.807, 2.05) is 13.8 Å². The molecule has 3 atom stereocenters. The summed E-state index contributed by atoms with van der Waals surface area (Å²) in [4.78, 5) is 8.53. The first-order chi connectivity index (χ1) is 12.5. The predicted molar refractivity (Wildman–Crippen MR) is 107 cm³/mol. The number of sulfone groups is 1. The molecule has 2 N–H and O–H groups in total. The molecule has 0 saturated carbocycles. The molecule has 2 aromatic heterocycles. The molecule has 0 unspecified atom stereocenters. The summed E-state index contributed by atoms with van der Waals surface area (Å²) in [6.45, 7) is 5.62. The minimum absolute atomic E-state index is 0.298. The van der Waals surface area contributed by atoms with Gasteiger partial charge in [-0.3, -0.25) is 0 Å². The molecule has 0 radical (unpaired) electrons. The highest BCUT2D eigenvalue weighted by atomic mass is 35.5. The summed E-state index contributed by atoms with van der Waals surface area (Å²) in [7, 11) is -1.55. The molecule has 27 heavy (non-hydrogen) atoms. The van der Waals surface area contributed by atoms with Crippen LogP contribution in [-0.4, -0.2) is 49.7 Å². The Hall–Kier alpha value is -1.48. The number of pyridine rings is 2. The zero-order valence-electron chi connectivity index (χ0n) is 16.2. The summed E-state index contributed by atoms with van der Waals surface area (Å²) in [6.07, 6.45) is 4.44. The SMILES string of the molecule is COC[C@@](C)(N)c1cnc(O[C@H](C)C[C@@H](C)S(C)(=O)=O)c2cnc(Cl)cc12. The van der Waals surface area contributed by atoms with E-state index < -0.39 is 20.6 Å². The molecule has 0 amide bonds. The second kappa shape index (κ2) is 8.26. The van der Waals surface area contributed by atoms with Gasteiger partial charge in [-0.05, 0) is 32.2 Å². The summed E-state index contributed by atoms with van der Waals surface area (Å²) in [5, 5.41) is 1.24. The van der Waals surface area contributed by atoms with E-state index in [2.05, 4.69) is 9.97 Å². The lowest BCUT2D eigenvalue weighted by Gasteiger charge is -2.26. The first-order valence-electron chi connectivity index (χ1n) is 8.53. The molecule has 0 aliphatic carbocycles. The average Bonchev–Trinajstić information content (AvgIpc) is 2.53. The van der Waals surface area contributed by atoms with E-state index in [0.717, 1.165) is 10.9 Å². The third kappa shape index (κ3) is 5.28. The fourth-order valence-corrected chi connectivity index (χ4v) is 3.67. The Balaban J connectivity index is 2.42. The molecule has 0 fully saturated rings. The van der Waals surface area contributed by atoms with E-state index in [4.69, 9.17) is 26.8 Å². The number of methoxy groups -OCH3 is 1. The van der Waals surface area contributed by atoms with Crippen molar-refractivity contribution in [3.8, 4) is 5.88 Å². The summed E-state index contributed by atoms with van der Waals surface area (Å²) >= 11 is 6.08. The molecule has 2 heterocycles. The molecule has 7 nitrogen and oxygen atoms in total. The molecule has 2 aromatic rings. The summed E-state index contributed by atoms with van der Waals surface area (Å²) in [5.41, 5.74) is 6.37. The van der Waals surface area contributed by atoms with Crippen molar-refractivity contribution in [2.75, 3.05) is 20.0 Å². The van der Waals surface area contributed by atoms with E-state index in [1.54, 1.807) is 32.5 Å².